The van der Waals surface area contributed by atoms with Crippen molar-refractivity contribution in [1.82, 2.24) is 5.32 Å². The molecule has 2 aromatic rings. The van der Waals surface area contributed by atoms with Crippen molar-refractivity contribution in [1.29, 1.82) is 0 Å². The predicted octanol–water partition coefficient (Wildman–Crippen LogP) is 2.74. The molecule has 0 aliphatic carbocycles. The van der Waals surface area contributed by atoms with Crippen LogP contribution in [0.3, 0.4) is 0 Å². The van der Waals surface area contributed by atoms with Gasteiger partial charge in [0.1, 0.15) is 0 Å². The molecule has 0 bridgehead atoms. The summed E-state index contributed by atoms with van der Waals surface area (Å²) in [5, 5.41) is 2.92. The molecule has 4 heteroatoms. The van der Waals surface area contributed by atoms with Crippen LogP contribution in [-0.2, 0) is 11.3 Å². The number of rotatable bonds is 4. The fraction of sp³-hybridized carbons (Fsp3) is 0.222. The number of nitrogens with zero attached hydrogens (tertiary/aromatic N) is 1. The fourth-order valence-electron chi connectivity index (χ4n) is 2.68. The predicted molar refractivity (Wildman–Crippen MR) is 85.6 cm³/mol. The summed E-state index contributed by atoms with van der Waals surface area (Å²) in [4.78, 5) is 26.1. The molecular weight excluding hydrogens is 276 g/mol. The second-order valence-electron chi connectivity index (χ2n) is 5.33. The molecule has 1 aliphatic heterocycles. The summed E-state index contributed by atoms with van der Waals surface area (Å²) in [5.41, 5.74) is 2.30. The molecule has 1 heterocycles. The molecule has 3 rings (SSSR count). The molecule has 0 saturated carbocycles. The maximum atomic E-state index is 12.5. The Labute approximate surface area is 129 Å². The van der Waals surface area contributed by atoms with Gasteiger partial charge in [-0.15, -0.1) is 0 Å². The Kier molecular flexibility index (Phi) is 4.19. The first-order chi connectivity index (χ1) is 10.8. The van der Waals surface area contributed by atoms with Crippen molar-refractivity contribution in [2.75, 3.05) is 11.4 Å². The fourth-order valence-corrected chi connectivity index (χ4v) is 2.68. The lowest BCUT2D eigenvalue weighted by molar-refractivity contribution is -0.117. The van der Waals surface area contributed by atoms with Gasteiger partial charge in [0.25, 0.3) is 5.91 Å². The zero-order valence-electron chi connectivity index (χ0n) is 12.3. The zero-order chi connectivity index (χ0) is 15.4. The van der Waals surface area contributed by atoms with E-state index in [4.69, 9.17) is 0 Å². The number of nitrogens with one attached hydrogen (secondary N) is 1. The monoisotopic (exact) mass is 294 g/mol. The number of amides is 2. The van der Waals surface area contributed by atoms with E-state index < -0.39 is 0 Å². The summed E-state index contributed by atoms with van der Waals surface area (Å²) in [7, 11) is 0. The molecule has 0 spiro atoms. The number of hydrogen-bond acceptors (Lipinski definition) is 2. The van der Waals surface area contributed by atoms with Crippen LogP contribution in [0.15, 0.2) is 54.6 Å². The molecule has 1 N–H and O–H groups in total. The third-order valence-corrected chi connectivity index (χ3v) is 3.81. The third-order valence-electron chi connectivity index (χ3n) is 3.81. The van der Waals surface area contributed by atoms with E-state index in [0.29, 0.717) is 30.8 Å². The molecule has 2 aromatic carbocycles. The van der Waals surface area contributed by atoms with Crippen LogP contribution >= 0.6 is 0 Å². The van der Waals surface area contributed by atoms with Crippen LogP contribution < -0.4 is 10.2 Å². The highest BCUT2D eigenvalue weighted by atomic mass is 16.2. The van der Waals surface area contributed by atoms with Gasteiger partial charge in [0.2, 0.25) is 5.91 Å². The highest BCUT2D eigenvalue weighted by molar-refractivity contribution is 6.05. The lowest BCUT2D eigenvalue weighted by Gasteiger charge is -2.19. The number of benzene rings is 2. The van der Waals surface area contributed by atoms with E-state index in [1.54, 1.807) is 11.0 Å². The summed E-state index contributed by atoms with van der Waals surface area (Å²) in [6.45, 7) is 1.16. The van der Waals surface area contributed by atoms with Crippen LogP contribution in [-0.4, -0.2) is 18.4 Å². The summed E-state index contributed by atoms with van der Waals surface area (Å²) in [6, 6.07) is 17.0. The van der Waals surface area contributed by atoms with E-state index in [9.17, 15) is 9.59 Å². The van der Waals surface area contributed by atoms with Crippen LogP contribution in [0.2, 0.25) is 0 Å². The molecule has 1 fully saturated rings. The molecule has 0 atom stereocenters. The maximum absolute atomic E-state index is 12.5. The SMILES string of the molecule is O=C(NCc1ccccc1)c1ccccc1N1CCCC1=O. The van der Waals surface area contributed by atoms with E-state index in [0.717, 1.165) is 12.0 Å². The lowest BCUT2D eigenvalue weighted by Crippen LogP contribution is -2.29. The van der Waals surface area contributed by atoms with Crippen LogP contribution in [0.25, 0.3) is 0 Å². The number of para-hydroxylation sites is 1. The first kappa shape index (κ1) is 14.3. The largest absolute Gasteiger partial charge is 0.348 e. The smallest absolute Gasteiger partial charge is 0.253 e. The van der Waals surface area contributed by atoms with Gasteiger partial charge in [0.05, 0.1) is 11.3 Å². The standard InChI is InChI=1S/C18H18N2O2/c21-17-11-6-12-20(17)16-10-5-4-9-15(16)18(22)19-13-14-7-2-1-3-8-14/h1-5,7-10H,6,11-13H2,(H,19,22). The third kappa shape index (κ3) is 3.01. The summed E-state index contributed by atoms with van der Waals surface area (Å²) < 4.78 is 0. The van der Waals surface area contributed by atoms with Crippen molar-refractivity contribution in [3.63, 3.8) is 0 Å². The highest BCUT2D eigenvalue weighted by Crippen LogP contribution is 2.25. The first-order valence-electron chi connectivity index (χ1n) is 7.47. The van der Waals surface area contributed by atoms with E-state index in [-0.39, 0.29) is 11.8 Å². The van der Waals surface area contributed by atoms with Gasteiger partial charge in [-0.3, -0.25) is 9.59 Å². The molecule has 1 aliphatic rings. The number of hydrogen-bond donors (Lipinski definition) is 1. The Bertz CT molecular complexity index is 682. The summed E-state index contributed by atoms with van der Waals surface area (Å²) in [5.74, 6) is -0.0672. The second kappa shape index (κ2) is 6.43. The van der Waals surface area contributed by atoms with Gasteiger partial charge in [0, 0.05) is 19.5 Å². The minimum Gasteiger partial charge on any atom is -0.348 e. The Morgan fingerprint density at radius 3 is 2.50 bits per heavy atom. The minimum atomic E-state index is -0.154. The van der Waals surface area contributed by atoms with Gasteiger partial charge >= 0.3 is 0 Å². The zero-order valence-corrected chi connectivity index (χ0v) is 12.3. The molecule has 0 unspecified atom stereocenters. The average Bonchev–Trinajstić information content (AvgIpc) is 2.99. The normalized spacial score (nSPS) is 14.2. The van der Waals surface area contributed by atoms with E-state index >= 15 is 0 Å². The Balaban J connectivity index is 1.76. The van der Waals surface area contributed by atoms with Crippen molar-refractivity contribution >= 4 is 17.5 Å². The Morgan fingerprint density at radius 2 is 1.77 bits per heavy atom. The molecule has 4 nitrogen and oxygen atoms in total. The van der Waals surface area contributed by atoms with Crippen molar-refractivity contribution < 1.29 is 9.59 Å². The van der Waals surface area contributed by atoms with Crippen molar-refractivity contribution in [3.8, 4) is 0 Å². The Hall–Kier alpha value is -2.62. The number of anilines is 1. The van der Waals surface area contributed by atoms with Crippen molar-refractivity contribution in [3.05, 3.63) is 65.7 Å². The topological polar surface area (TPSA) is 49.4 Å². The summed E-state index contributed by atoms with van der Waals surface area (Å²) >= 11 is 0. The average molecular weight is 294 g/mol. The van der Waals surface area contributed by atoms with Gasteiger partial charge in [-0.2, -0.15) is 0 Å². The molecule has 0 radical (unpaired) electrons. The van der Waals surface area contributed by atoms with E-state index in [1.807, 2.05) is 48.5 Å². The first-order valence-corrected chi connectivity index (χ1v) is 7.47. The Morgan fingerprint density at radius 1 is 1.05 bits per heavy atom. The number of carbonyl (C=O) groups excluding carboxylic acids is 2. The quantitative estimate of drug-likeness (QED) is 0.942. The van der Waals surface area contributed by atoms with Crippen LogP contribution in [0.5, 0.6) is 0 Å². The van der Waals surface area contributed by atoms with Gasteiger partial charge in [-0.25, -0.2) is 0 Å². The highest BCUT2D eigenvalue weighted by Gasteiger charge is 2.25. The lowest BCUT2D eigenvalue weighted by atomic mass is 10.1. The van der Waals surface area contributed by atoms with Gasteiger partial charge in [0.15, 0.2) is 0 Å². The maximum Gasteiger partial charge on any atom is 0.253 e. The van der Waals surface area contributed by atoms with Crippen molar-refractivity contribution in [2.24, 2.45) is 0 Å². The van der Waals surface area contributed by atoms with Crippen molar-refractivity contribution in [2.45, 2.75) is 19.4 Å². The molecule has 2 amide bonds. The summed E-state index contributed by atoms with van der Waals surface area (Å²) in [6.07, 6.45) is 1.40. The van der Waals surface area contributed by atoms with Crippen LogP contribution in [0.4, 0.5) is 5.69 Å². The molecule has 1 saturated heterocycles. The minimum absolute atomic E-state index is 0.0864. The molecular formula is C18H18N2O2. The molecule has 112 valence electrons. The van der Waals surface area contributed by atoms with Gasteiger partial charge in [-0.1, -0.05) is 42.5 Å². The van der Waals surface area contributed by atoms with Gasteiger partial charge in [-0.05, 0) is 24.1 Å². The molecule has 0 aromatic heterocycles. The van der Waals surface area contributed by atoms with Crippen LogP contribution in [0, 0.1) is 0 Å². The van der Waals surface area contributed by atoms with Gasteiger partial charge < -0.3 is 10.2 Å². The van der Waals surface area contributed by atoms with Crippen LogP contribution in [0.1, 0.15) is 28.8 Å². The van der Waals surface area contributed by atoms with E-state index in [1.165, 1.54) is 0 Å². The molecule has 22 heavy (non-hydrogen) atoms. The second-order valence-corrected chi connectivity index (χ2v) is 5.33. The number of carbonyl (C=O) groups is 2. The van der Waals surface area contributed by atoms with E-state index in [2.05, 4.69) is 5.32 Å².